The third-order valence-corrected chi connectivity index (χ3v) is 1.82. The van der Waals surface area contributed by atoms with Crippen LogP contribution < -0.4 is 5.73 Å². The molecule has 72 valence electrons. The van der Waals surface area contributed by atoms with E-state index in [1.165, 1.54) is 6.20 Å². The predicted molar refractivity (Wildman–Crippen MR) is 50.4 cm³/mol. The molecule has 0 aliphatic rings. The lowest BCUT2D eigenvalue weighted by Gasteiger charge is -1.91. The summed E-state index contributed by atoms with van der Waals surface area (Å²) in [6.07, 6.45) is 1.52. The molecule has 2 heterocycles. The van der Waals surface area contributed by atoms with Crippen LogP contribution in [0.4, 0.5) is 0 Å². The molecule has 0 aromatic carbocycles. The third kappa shape index (κ3) is 1.73. The number of aromatic nitrogens is 3. The molecule has 0 radical (unpaired) electrons. The average molecular weight is 211 g/mol. The first-order valence-corrected chi connectivity index (χ1v) is 4.32. The zero-order chi connectivity index (χ0) is 9.97. The van der Waals surface area contributed by atoms with Crippen LogP contribution >= 0.6 is 11.6 Å². The van der Waals surface area contributed by atoms with Gasteiger partial charge in [0, 0.05) is 6.20 Å². The van der Waals surface area contributed by atoms with Gasteiger partial charge in [0.15, 0.2) is 5.82 Å². The van der Waals surface area contributed by atoms with Crippen LogP contribution in [0.5, 0.6) is 0 Å². The van der Waals surface area contributed by atoms with Crippen LogP contribution in [0.1, 0.15) is 5.82 Å². The minimum atomic E-state index is 0.247. The van der Waals surface area contributed by atoms with E-state index in [0.29, 0.717) is 22.4 Å². The van der Waals surface area contributed by atoms with Crippen molar-refractivity contribution < 1.29 is 4.52 Å². The van der Waals surface area contributed by atoms with Crippen molar-refractivity contribution in [1.29, 1.82) is 0 Å². The van der Waals surface area contributed by atoms with E-state index in [0.717, 1.165) is 0 Å². The van der Waals surface area contributed by atoms with Crippen molar-refractivity contribution >= 4 is 11.6 Å². The van der Waals surface area contributed by atoms with E-state index in [9.17, 15) is 0 Å². The quantitative estimate of drug-likeness (QED) is 0.807. The Bertz CT molecular complexity index is 425. The number of rotatable bonds is 2. The van der Waals surface area contributed by atoms with Gasteiger partial charge in [-0.1, -0.05) is 16.8 Å². The highest BCUT2D eigenvalue weighted by Crippen LogP contribution is 2.16. The van der Waals surface area contributed by atoms with Crippen LogP contribution in [0, 0.1) is 0 Å². The number of nitrogens with two attached hydrogens (primary N) is 1. The van der Waals surface area contributed by atoms with E-state index >= 15 is 0 Å². The van der Waals surface area contributed by atoms with Gasteiger partial charge < -0.3 is 10.3 Å². The van der Waals surface area contributed by atoms with Crippen molar-refractivity contribution in [2.45, 2.75) is 6.54 Å². The van der Waals surface area contributed by atoms with E-state index in [1.807, 2.05) is 0 Å². The van der Waals surface area contributed by atoms with Crippen molar-refractivity contribution in [3.8, 4) is 11.6 Å². The molecule has 0 bridgehead atoms. The largest absolute Gasteiger partial charge is 0.332 e. The molecule has 0 unspecified atom stereocenters. The lowest BCUT2D eigenvalue weighted by Crippen LogP contribution is -1.97. The Balaban J connectivity index is 2.34. The molecule has 0 aliphatic carbocycles. The molecule has 0 atom stereocenters. The smallest absolute Gasteiger partial charge is 0.276 e. The van der Waals surface area contributed by atoms with Gasteiger partial charge in [0.1, 0.15) is 5.69 Å². The summed E-state index contributed by atoms with van der Waals surface area (Å²) in [5.41, 5.74) is 5.92. The van der Waals surface area contributed by atoms with Gasteiger partial charge in [-0.2, -0.15) is 4.98 Å². The lowest BCUT2D eigenvalue weighted by atomic mass is 10.3. The molecule has 14 heavy (non-hydrogen) atoms. The average Bonchev–Trinajstić information content (AvgIpc) is 2.67. The molecule has 2 rings (SSSR count). The van der Waals surface area contributed by atoms with Crippen LogP contribution in [0.2, 0.25) is 5.02 Å². The monoisotopic (exact) mass is 210 g/mol. The highest BCUT2D eigenvalue weighted by molar-refractivity contribution is 6.30. The summed E-state index contributed by atoms with van der Waals surface area (Å²) in [4.78, 5) is 8.05. The molecule has 5 nitrogen and oxygen atoms in total. The minimum Gasteiger partial charge on any atom is -0.332 e. The molecular weight excluding hydrogens is 204 g/mol. The molecule has 0 saturated carbocycles. The van der Waals surface area contributed by atoms with Crippen LogP contribution in [0.3, 0.4) is 0 Å². The second-order valence-corrected chi connectivity index (χ2v) is 3.02. The number of pyridine rings is 1. The first kappa shape index (κ1) is 9.11. The van der Waals surface area contributed by atoms with Gasteiger partial charge in [-0.3, -0.25) is 0 Å². The summed E-state index contributed by atoms with van der Waals surface area (Å²) in [5, 5.41) is 4.21. The van der Waals surface area contributed by atoms with Gasteiger partial charge in [0.05, 0.1) is 11.6 Å². The van der Waals surface area contributed by atoms with Crippen molar-refractivity contribution in [3.63, 3.8) is 0 Å². The number of hydrogen-bond acceptors (Lipinski definition) is 5. The fourth-order valence-electron chi connectivity index (χ4n) is 0.943. The standard InChI is InChI=1S/C8H7ClN4O/c9-5-1-2-6(11-4-5)8-12-7(3-10)13-14-8/h1-2,4H,3,10H2. The van der Waals surface area contributed by atoms with Crippen LogP contribution in [-0.4, -0.2) is 15.1 Å². The number of hydrogen-bond donors (Lipinski definition) is 1. The predicted octanol–water partition coefficient (Wildman–Crippen LogP) is 1.24. The molecule has 2 N–H and O–H groups in total. The molecule has 6 heteroatoms. The highest BCUT2D eigenvalue weighted by Gasteiger charge is 2.08. The Morgan fingerprint density at radius 3 is 2.86 bits per heavy atom. The van der Waals surface area contributed by atoms with Gasteiger partial charge in [-0.05, 0) is 12.1 Å². The topological polar surface area (TPSA) is 77.8 Å². The maximum absolute atomic E-state index is 5.68. The molecule has 0 saturated heterocycles. The maximum Gasteiger partial charge on any atom is 0.276 e. The highest BCUT2D eigenvalue weighted by atomic mass is 35.5. The Labute approximate surface area is 84.9 Å². The van der Waals surface area contributed by atoms with Gasteiger partial charge in [-0.25, -0.2) is 4.98 Å². The van der Waals surface area contributed by atoms with Gasteiger partial charge in [0.2, 0.25) is 0 Å². The van der Waals surface area contributed by atoms with Gasteiger partial charge in [0.25, 0.3) is 5.89 Å². The van der Waals surface area contributed by atoms with Crippen molar-refractivity contribution in [2.75, 3.05) is 0 Å². The summed E-state index contributed by atoms with van der Waals surface area (Å²) < 4.78 is 4.93. The number of nitrogens with zero attached hydrogens (tertiary/aromatic N) is 3. The minimum absolute atomic E-state index is 0.247. The van der Waals surface area contributed by atoms with Crippen LogP contribution in [0.25, 0.3) is 11.6 Å². The number of halogens is 1. The van der Waals surface area contributed by atoms with E-state index in [4.69, 9.17) is 21.9 Å². The molecule has 2 aromatic rings. The Morgan fingerprint density at radius 2 is 2.29 bits per heavy atom. The Morgan fingerprint density at radius 1 is 1.43 bits per heavy atom. The zero-order valence-electron chi connectivity index (χ0n) is 7.14. The maximum atomic E-state index is 5.68. The SMILES string of the molecule is NCc1noc(-c2ccc(Cl)cn2)n1. The Hall–Kier alpha value is -1.46. The molecular formula is C8H7ClN4O. The summed E-state index contributed by atoms with van der Waals surface area (Å²) in [6.45, 7) is 0.247. The van der Waals surface area contributed by atoms with Gasteiger partial charge >= 0.3 is 0 Å². The zero-order valence-corrected chi connectivity index (χ0v) is 7.90. The summed E-state index contributed by atoms with van der Waals surface area (Å²) >= 11 is 5.68. The summed E-state index contributed by atoms with van der Waals surface area (Å²) in [7, 11) is 0. The lowest BCUT2D eigenvalue weighted by molar-refractivity contribution is 0.421. The van der Waals surface area contributed by atoms with Gasteiger partial charge in [-0.15, -0.1) is 0 Å². The second-order valence-electron chi connectivity index (χ2n) is 2.58. The van der Waals surface area contributed by atoms with E-state index in [-0.39, 0.29) is 6.54 Å². The first-order chi connectivity index (χ1) is 6.79. The van der Waals surface area contributed by atoms with E-state index in [1.54, 1.807) is 12.1 Å². The van der Waals surface area contributed by atoms with E-state index < -0.39 is 0 Å². The fourth-order valence-corrected chi connectivity index (χ4v) is 1.06. The molecule has 0 fully saturated rings. The summed E-state index contributed by atoms with van der Waals surface area (Å²) in [6, 6.07) is 3.41. The molecule has 0 aliphatic heterocycles. The summed E-state index contributed by atoms with van der Waals surface area (Å²) in [5.74, 6) is 0.805. The van der Waals surface area contributed by atoms with Crippen molar-refractivity contribution in [3.05, 3.63) is 29.2 Å². The van der Waals surface area contributed by atoms with Crippen LogP contribution in [-0.2, 0) is 6.54 Å². The van der Waals surface area contributed by atoms with E-state index in [2.05, 4.69) is 15.1 Å². The molecule has 2 aromatic heterocycles. The van der Waals surface area contributed by atoms with Crippen LogP contribution in [0.15, 0.2) is 22.9 Å². The molecule has 0 spiro atoms. The first-order valence-electron chi connectivity index (χ1n) is 3.94. The molecule has 0 amide bonds. The third-order valence-electron chi connectivity index (χ3n) is 1.60. The normalized spacial score (nSPS) is 10.4. The van der Waals surface area contributed by atoms with Crippen molar-refractivity contribution in [2.24, 2.45) is 5.73 Å². The second kappa shape index (κ2) is 3.73. The Kier molecular flexibility index (Phi) is 2.43. The van der Waals surface area contributed by atoms with Crippen molar-refractivity contribution in [1.82, 2.24) is 15.1 Å². The fraction of sp³-hybridized carbons (Fsp3) is 0.125.